The fourth-order valence-corrected chi connectivity index (χ4v) is 2.86. The first-order valence-corrected chi connectivity index (χ1v) is 8.46. The van der Waals surface area contributed by atoms with Crippen LogP contribution in [0.15, 0.2) is 45.7 Å². The van der Waals surface area contributed by atoms with Crippen molar-refractivity contribution in [1.29, 1.82) is 0 Å². The molecule has 124 valence electrons. The highest BCUT2D eigenvalue weighted by atomic mass is 79.9. The second-order valence-corrected chi connectivity index (χ2v) is 6.64. The number of carbonyl (C=O) groups excluding carboxylic acids is 1. The van der Waals surface area contributed by atoms with Crippen molar-refractivity contribution in [1.82, 2.24) is 20.3 Å². The summed E-state index contributed by atoms with van der Waals surface area (Å²) in [6, 6.07) is 6.54. The average molecular weight is 430 g/mol. The first kappa shape index (κ1) is 17.0. The molecule has 0 aliphatic heterocycles. The predicted octanol–water partition coefficient (Wildman–Crippen LogP) is 4.04. The van der Waals surface area contributed by atoms with E-state index in [1.165, 1.54) is 6.07 Å². The highest BCUT2D eigenvalue weighted by Crippen LogP contribution is 2.30. The number of rotatable bonds is 5. The molecule has 6 nitrogen and oxygen atoms in total. The van der Waals surface area contributed by atoms with Crippen molar-refractivity contribution >= 4 is 45.0 Å². The van der Waals surface area contributed by atoms with Crippen LogP contribution in [0.4, 0.5) is 0 Å². The van der Waals surface area contributed by atoms with Crippen LogP contribution in [0.1, 0.15) is 10.5 Å². The molecule has 0 saturated carbocycles. The second kappa shape index (κ2) is 7.38. The lowest BCUT2D eigenvalue weighted by atomic mass is 10.1. The van der Waals surface area contributed by atoms with Crippen molar-refractivity contribution in [2.45, 2.75) is 6.54 Å². The van der Waals surface area contributed by atoms with Crippen LogP contribution in [0.3, 0.4) is 0 Å². The van der Waals surface area contributed by atoms with Crippen molar-refractivity contribution in [3.05, 3.63) is 56.9 Å². The maximum atomic E-state index is 12.1. The molecular formula is C15H11BrCl2N4O2. The average Bonchev–Trinajstić information content (AvgIpc) is 3.16. The van der Waals surface area contributed by atoms with Gasteiger partial charge in [0.1, 0.15) is 0 Å². The van der Waals surface area contributed by atoms with Gasteiger partial charge in [-0.15, -0.1) is 0 Å². The summed E-state index contributed by atoms with van der Waals surface area (Å²) in [6.07, 6.45) is 3.50. The lowest BCUT2D eigenvalue weighted by Crippen LogP contribution is -2.27. The zero-order valence-corrected chi connectivity index (χ0v) is 15.3. The Bertz CT molecular complexity index is 878. The summed E-state index contributed by atoms with van der Waals surface area (Å²) in [4.78, 5) is 12.1. The first-order valence-electron chi connectivity index (χ1n) is 6.91. The van der Waals surface area contributed by atoms with Crippen LogP contribution in [-0.2, 0) is 6.54 Å². The van der Waals surface area contributed by atoms with E-state index >= 15 is 0 Å². The molecular weight excluding hydrogens is 419 g/mol. The molecule has 24 heavy (non-hydrogen) atoms. The molecule has 0 aliphatic carbocycles. The minimum Gasteiger partial charge on any atom is -0.355 e. The normalized spacial score (nSPS) is 10.8. The molecule has 9 heteroatoms. The number of amides is 1. The van der Waals surface area contributed by atoms with Gasteiger partial charge in [-0.25, -0.2) is 0 Å². The van der Waals surface area contributed by atoms with Crippen LogP contribution in [0.5, 0.6) is 0 Å². The number of nitrogens with zero attached hydrogens (tertiary/aromatic N) is 3. The van der Waals surface area contributed by atoms with Gasteiger partial charge in [0, 0.05) is 29.4 Å². The number of carbonyl (C=O) groups is 1. The summed E-state index contributed by atoms with van der Waals surface area (Å²) in [5.41, 5.74) is 0.798. The molecule has 0 fully saturated rings. The van der Waals surface area contributed by atoms with Gasteiger partial charge in [0.05, 0.1) is 22.2 Å². The van der Waals surface area contributed by atoms with Crippen molar-refractivity contribution < 1.29 is 9.32 Å². The molecule has 3 rings (SSSR count). The highest BCUT2D eigenvalue weighted by Gasteiger charge is 2.15. The quantitative estimate of drug-likeness (QED) is 0.664. The molecule has 1 N–H and O–H groups in total. The summed E-state index contributed by atoms with van der Waals surface area (Å²) in [5.74, 6) is 0.0686. The van der Waals surface area contributed by atoms with E-state index in [0.29, 0.717) is 34.5 Å². The van der Waals surface area contributed by atoms with Gasteiger partial charge in [-0.1, -0.05) is 28.4 Å². The number of halogens is 3. The molecule has 0 spiro atoms. The molecule has 0 aliphatic rings. The van der Waals surface area contributed by atoms with E-state index < -0.39 is 0 Å². The van der Waals surface area contributed by atoms with E-state index in [4.69, 9.17) is 27.7 Å². The molecule has 2 heterocycles. The van der Waals surface area contributed by atoms with E-state index in [2.05, 4.69) is 31.5 Å². The summed E-state index contributed by atoms with van der Waals surface area (Å²) >= 11 is 15.3. The lowest BCUT2D eigenvalue weighted by molar-refractivity contribution is 0.0943. The molecule has 1 amide bonds. The molecule has 0 saturated heterocycles. The highest BCUT2D eigenvalue weighted by molar-refractivity contribution is 9.10. The maximum Gasteiger partial charge on any atom is 0.273 e. The third-order valence-corrected chi connectivity index (χ3v) is 4.12. The lowest BCUT2D eigenvalue weighted by Gasteiger charge is -2.02. The van der Waals surface area contributed by atoms with Crippen molar-refractivity contribution in [3.8, 4) is 11.3 Å². The fourth-order valence-electron chi connectivity index (χ4n) is 2.03. The van der Waals surface area contributed by atoms with Crippen molar-refractivity contribution in [2.75, 3.05) is 6.54 Å². The Morgan fingerprint density at radius 1 is 1.33 bits per heavy atom. The SMILES string of the molecule is O=C(NCCn1cc(Br)cn1)c1cc(-c2ccc(Cl)cc2Cl)on1. The Morgan fingerprint density at radius 2 is 2.17 bits per heavy atom. The zero-order chi connectivity index (χ0) is 17.1. The third-order valence-electron chi connectivity index (χ3n) is 3.17. The van der Waals surface area contributed by atoms with Crippen molar-refractivity contribution in [3.63, 3.8) is 0 Å². The Morgan fingerprint density at radius 3 is 2.88 bits per heavy atom. The van der Waals surface area contributed by atoms with Crippen LogP contribution in [0.2, 0.25) is 10.0 Å². The Balaban J connectivity index is 1.63. The predicted molar refractivity (Wildman–Crippen MR) is 94.2 cm³/mol. The van der Waals surface area contributed by atoms with Gasteiger partial charge >= 0.3 is 0 Å². The molecule has 2 aromatic heterocycles. The van der Waals surface area contributed by atoms with Gasteiger partial charge in [0.15, 0.2) is 11.5 Å². The Hall–Kier alpha value is -1.83. The summed E-state index contributed by atoms with van der Waals surface area (Å²) < 4.78 is 7.80. The summed E-state index contributed by atoms with van der Waals surface area (Å²) in [7, 11) is 0. The molecule has 0 unspecified atom stereocenters. The molecule has 3 aromatic rings. The largest absolute Gasteiger partial charge is 0.355 e. The standard InChI is InChI=1S/C15H11BrCl2N4O2/c16-9-7-20-22(8-9)4-3-19-15(23)13-6-14(24-21-13)11-2-1-10(17)5-12(11)18/h1-2,5-8H,3-4H2,(H,19,23). The summed E-state index contributed by atoms with van der Waals surface area (Å²) in [6.45, 7) is 0.960. The number of hydrogen-bond donors (Lipinski definition) is 1. The first-order chi connectivity index (χ1) is 11.5. The van der Waals surface area contributed by atoms with E-state index in [9.17, 15) is 4.79 Å². The monoisotopic (exact) mass is 428 g/mol. The van der Waals surface area contributed by atoms with Gasteiger partial charge in [-0.3, -0.25) is 9.48 Å². The Labute approximate surface area is 155 Å². The van der Waals surface area contributed by atoms with Crippen LogP contribution in [-0.4, -0.2) is 27.4 Å². The van der Waals surface area contributed by atoms with Gasteiger partial charge < -0.3 is 9.84 Å². The molecule has 0 bridgehead atoms. The minimum atomic E-state index is -0.332. The van der Waals surface area contributed by atoms with E-state index in [-0.39, 0.29) is 11.6 Å². The number of aromatic nitrogens is 3. The Kier molecular flexibility index (Phi) is 5.23. The minimum absolute atomic E-state index is 0.178. The van der Waals surface area contributed by atoms with Gasteiger partial charge in [0.25, 0.3) is 5.91 Å². The fraction of sp³-hybridized carbons (Fsp3) is 0.133. The molecule has 1 aromatic carbocycles. The van der Waals surface area contributed by atoms with Crippen LogP contribution >= 0.6 is 39.1 Å². The third kappa shape index (κ3) is 3.98. The van der Waals surface area contributed by atoms with Crippen LogP contribution in [0.25, 0.3) is 11.3 Å². The zero-order valence-electron chi connectivity index (χ0n) is 12.2. The topological polar surface area (TPSA) is 73.0 Å². The maximum absolute atomic E-state index is 12.1. The van der Waals surface area contributed by atoms with Gasteiger partial charge in [-0.2, -0.15) is 5.10 Å². The van der Waals surface area contributed by atoms with E-state index in [1.54, 1.807) is 29.1 Å². The van der Waals surface area contributed by atoms with Crippen LogP contribution < -0.4 is 5.32 Å². The number of nitrogens with one attached hydrogen (secondary N) is 1. The molecule has 0 radical (unpaired) electrons. The number of benzene rings is 1. The van der Waals surface area contributed by atoms with Gasteiger partial charge in [-0.05, 0) is 34.1 Å². The number of hydrogen-bond acceptors (Lipinski definition) is 4. The molecule has 0 atom stereocenters. The van der Waals surface area contributed by atoms with Crippen molar-refractivity contribution in [2.24, 2.45) is 0 Å². The summed E-state index contributed by atoms with van der Waals surface area (Å²) in [5, 5.41) is 11.6. The van der Waals surface area contributed by atoms with Crippen LogP contribution in [0, 0.1) is 0 Å². The smallest absolute Gasteiger partial charge is 0.273 e. The van der Waals surface area contributed by atoms with E-state index in [1.807, 2.05) is 6.20 Å². The van der Waals surface area contributed by atoms with Gasteiger partial charge in [0.2, 0.25) is 0 Å². The second-order valence-electron chi connectivity index (χ2n) is 4.88. The van der Waals surface area contributed by atoms with E-state index in [0.717, 1.165) is 4.47 Å².